The largest absolute Gasteiger partial charge is 0.437 e. The summed E-state index contributed by atoms with van der Waals surface area (Å²) in [6.45, 7) is 2.99. The number of pyridine rings is 1. The number of amides is 3. The maximum Gasteiger partial charge on any atom is 0.437 e. The highest BCUT2D eigenvalue weighted by Gasteiger charge is 2.48. The molecule has 1 spiro atoms. The van der Waals surface area contributed by atoms with Gasteiger partial charge < -0.3 is 25.2 Å². The number of nitrogens with zero attached hydrogens (tertiary/aromatic N) is 2. The van der Waals surface area contributed by atoms with E-state index in [-0.39, 0.29) is 17.6 Å². The Balaban J connectivity index is 1.36. The molecule has 2 aromatic rings. The number of halogens is 3. The first kappa shape index (κ1) is 26.1. The van der Waals surface area contributed by atoms with Gasteiger partial charge in [0.1, 0.15) is 23.7 Å². The molecule has 204 valence electrons. The number of fused-ring (bicyclic) bond motifs is 2. The first-order chi connectivity index (χ1) is 18.1. The Labute approximate surface area is 216 Å². The van der Waals surface area contributed by atoms with Crippen LogP contribution in [0.3, 0.4) is 0 Å². The van der Waals surface area contributed by atoms with Crippen LogP contribution in [0.1, 0.15) is 67.1 Å². The molecule has 1 aliphatic carbocycles. The van der Waals surface area contributed by atoms with E-state index in [1.165, 1.54) is 0 Å². The zero-order chi connectivity index (χ0) is 27.1. The van der Waals surface area contributed by atoms with Gasteiger partial charge in [0.25, 0.3) is 5.91 Å². The SMILES string of the molecule is C[C@H]1CC[C@H]([C@H](NC(=O)c2conc2C(F)(F)F)C(=O)Nc2cc3c(cn2)C2(CCOCC2)C(=O)N3)CC1. The highest BCUT2D eigenvalue weighted by Crippen LogP contribution is 2.44. The lowest BCUT2D eigenvalue weighted by Gasteiger charge is -2.32. The number of rotatable bonds is 5. The third-order valence-corrected chi connectivity index (χ3v) is 7.88. The summed E-state index contributed by atoms with van der Waals surface area (Å²) in [5.74, 6) is -1.54. The van der Waals surface area contributed by atoms with Crippen LogP contribution in [0, 0.1) is 11.8 Å². The number of carbonyl (C=O) groups is 3. The lowest BCUT2D eigenvalue weighted by atomic mass is 9.76. The second-order valence-corrected chi connectivity index (χ2v) is 10.3. The molecule has 0 bridgehead atoms. The monoisotopic (exact) mass is 535 g/mol. The van der Waals surface area contributed by atoms with E-state index in [9.17, 15) is 27.6 Å². The van der Waals surface area contributed by atoms with Gasteiger partial charge in [-0.3, -0.25) is 14.4 Å². The molecule has 13 heteroatoms. The van der Waals surface area contributed by atoms with Crippen molar-refractivity contribution in [3.05, 3.63) is 35.3 Å². The molecule has 2 fully saturated rings. The third-order valence-electron chi connectivity index (χ3n) is 7.88. The van der Waals surface area contributed by atoms with Crippen molar-refractivity contribution >= 4 is 29.2 Å². The van der Waals surface area contributed by atoms with Crippen molar-refractivity contribution in [2.75, 3.05) is 23.8 Å². The summed E-state index contributed by atoms with van der Waals surface area (Å²) in [4.78, 5) is 43.4. The van der Waals surface area contributed by atoms with Crippen LogP contribution in [0.4, 0.5) is 24.7 Å². The average Bonchev–Trinajstić information content (AvgIpc) is 3.48. The van der Waals surface area contributed by atoms with Gasteiger partial charge in [-0.15, -0.1) is 0 Å². The Morgan fingerprint density at radius 3 is 2.58 bits per heavy atom. The van der Waals surface area contributed by atoms with Crippen LogP contribution in [-0.2, 0) is 25.9 Å². The zero-order valence-corrected chi connectivity index (χ0v) is 20.7. The Hall–Kier alpha value is -3.48. The van der Waals surface area contributed by atoms with Crippen LogP contribution in [0.2, 0.25) is 0 Å². The summed E-state index contributed by atoms with van der Waals surface area (Å²) < 4.78 is 49.6. The van der Waals surface area contributed by atoms with Gasteiger partial charge >= 0.3 is 6.18 Å². The molecule has 1 saturated carbocycles. The van der Waals surface area contributed by atoms with Gasteiger partial charge in [0, 0.05) is 31.0 Å². The smallest absolute Gasteiger partial charge is 0.381 e. The van der Waals surface area contributed by atoms with E-state index in [2.05, 4.69) is 37.5 Å². The second-order valence-electron chi connectivity index (χ2n) is 10.3. The molecule has 1 saturated heterocycles. The van der Waals surface area contributed by atoms with Crippen molar-refractivity contribution in [3.63, 3.8) is 0 Å². The first-order valence-electron chi connectivity index (χ1n) is 12.6. The first-order valence-corrected chi connectivity index (χ1v) is 12.6. The quantitative estimate of drug-likeness (QED) is 0.532. The van der Waals surface area contributed by atoms with Crippen molar-refractivity contribution in [2.24, 2.45) is 11.8 Å². The van der Waals surface area contributed by atoms with E-state index in [1.807, 2.05) is 0 Å². The number of anilines is 2. The van der Waals surface area contributed by atoms with Gasteiger partial charge in [-0.05, 0) is 37.5 Å². The topological polar surface area (TPSA) is 135 Å². The van der Waals surface area contributed by atoms with Crippen molar-refractivity contribution in [1.29, 1.82) is 0 Å². The standard InChI is InChI=1S/C25H28F3N5O5/c1-13-2-4-14(5-3-13)19(32-21(34)15-12-38-33-20(15)25(26,27)28)22(35)31-18-10-17-16(11-29-18)24(23(36)30-17)6-8-37-9-7-24/h10-14,19H,2-9H2,1H3,(H,30,36)(H,32,34)(H,29,31,35)/t13-,14-,19-/m0/s1. The lowest BCUT2D eigenvalue weighted by molar-refractivity contribution is -0.143. The molecule has 0 unspecified atom stereocenters. The predicted octanol–water partition coefficient (Wildman–Crippen LogP) is 3.65. The Morgan fingerprint density at radius 1 is 1.18 bits per heavy atom. The fourth-order valence-electron chi connectivity index (χ4n) is 5.63. The molecule has 0 radical (unpaired) electrons. The maximum absolute atomic E-state index is 13.4. The van der Waals surface area contributed by atoms with Gasteiger partial charge in [0.15, 0.2) is 5.69 Å². The fourth-order valence-corrected chi connectivity index (χ4v) is 5.63. The van der Waals surface area contributed by atoms with Gasteiger partial charge in [-0.2, -0.15) is 13.2 Å². The lowest BCUT2D eigenvalue weighted by Crippen LogP contribution is -2.49. The van der Waals surface area contributed by atoms with Gasteiger partial charge in [-0.25, -0.2) is 4.98 Å². The molecule has 1 atom stereocenters. The molecule has 5 rings (SSSR count). The highest BCUT2D eigenvalue weighted by atomic mass is 19.4. The van der Waals surface area contributed by atoms with Gasteiger partial charge in [0.2, 0.25) is 11.8 Å². The molecular formula is C25H28F3N5O5. The van der Waals surface area contributed by atoms with Crippen LogP contribution >= 0.6 is 0 Å². The van der Waals surface area contributed by atoms with E-state index >= 15 is 0 Å². The maximum atomic E-state index is 13.4. The Morgan fingerprint density at radius 2 is 1.89 bits per heavy atom. The van der Waals surface area contributed by atoms with Crippen LogP contribution in [0.15, 0.2) is 23.0 Å². The number of carbonyl (C=O) groups excluding carboxylic acids is 3. The minimum atomic E-state index is -4.89. The summed E-state index contributed by atoms with van der Waals surface area (Å²) >= 11 is 0. The van der Waals surface area contributed by atoms with Crippen LogP contribution in [0.25, 0.3) is 0 Å². The molecule has 3 N–H and O–H groups in total. The molecular weight excluding hydrogens is 507 g/mol. The molecule has 38 heavy (non-hydrogen) atoms. The summed E-state index contributed by atoms with van der Waals surface area (Å²) in [6, 6.07) is 0.441. The highest BCUT2D eigenvalue weighted by molar-refractivity contribution is 6.07. The van der Waals surface area contributed by atoms with E-state index in [0.717, 1.165) is 18.4 Å². The molecule has 2 aliphatic heterocycles. The number of hydrogen-bond acceptors (Lipinski definition) is 7. The van der Waals surface area contributed by atoms with Crippen molar-refractivity contribution in [2.45, 2.75) is 63.1 Å². The minimum Gasteiger partial charge on any atom is -0.381 e. The molecule has 2 aromatic heterocycles. The van der Waals surface area contributed by atoms with Crippen molar-refractivity contribution in [3.8, 4) is 0 Å². The Bertz CT molecular complexity index is 1230. The second kappa shape index (κ2) is 10.0. The number of nitrogens with one attached hydrogen (secondary N) is 3. The van der Waals surface area contributed by atoms with Crippen molar-refractivity contribution < 1.29 is 36.8 Å². The number of hydrogen-bond donors (Lipinski definition) is 3. The zero-order valence-electron chi connectivity index (χ0n) is 20.7. The van der Waals surface area contributed by atoms with Crippen LogP contribution < -0.4 is 16.0 Å². The Kier molecular flexibility index (Phi) is 6.88. The minimum absolute atomic E-state index is 0.142. The molecule has 3 amide bonds. The van der Waals surface area contributed by atoms with Gasteiger partial charge in [0.05, 0.1) is 11.1 Å². The van der Waals surface area contributed by atoms with E-state index in [0.29, 0.717) is 56.8 Å². The summed E-state index contributed by atoms with van der Waals surface area (Å²) in [5, 5.41) is 10.9. The van der Waals surface area contributed by atoms with Crippen LogP contribution in [-0.4, -0.2) is 47.1 Å². The van der Waals surface area contributed by atoms with Crippen LogP contribution in [0.5, 0.6) is 0 Å². The van der Waals surface area contributed by atoms with Gasteiger partial charge in [-0.1, -0.05) is 24.9 Å². The molecule has 3 aliphatic rings. The normalized spacial score (nSPS) is 23.4. The molecule has 4 heterocycles. The number of alkyl halides is 3. The average molecular weight is 536 g/mol. The predicted molar refractivity (Wildman–Crippen MR) is 127 cm³/mol. The molecule has 0 aromatic carbocycles. The number of ether oxygens (including phenoxy) is 1. The third kappa shape index (κ3) is 4.86. The van der Waals surface area contributed by atoms with Crippen molar-refractivity contribution in [1.82, 2.24) is 15.5 Å². The summed E-state index contributed by atoms with van der Waals surface area (Å²) in [6.07, 6.45) is 1.20. The van der Waals surface area contributed by atoms with E-state index in [1.54, 1.807) is 12.3 Å². The van der Waals surface area contributed by atoms with E-state index in [4.69, 9.17) is 4.74 Å². The summed E-state index contributed by atoms with van der Waals surface area (Å²) in [5.41, 5.74) is -1.69. The fraction of sp³-hybridized carbons (Fsp3) is 0.560. The number of aromatic nitrogens is 2. The molecule has 10 nitrogen and oxygen atoms in total. The summed E-state index contributed by atoms with van der Waals surface area (Å²) in [7, 11) is 0. The van der Waals surface area contributed by atoms with E-state index < -0.39 is 40.7 Å².